The predicted octanol–water partition coefficient (Wildman–Crippen LogP) is 0.226. The van der Waals surface area contributed by atoms with Crippen LogP contribution in [0.5, 0.6) is 0 Å². The Morgan fingerprint density at radius 3 is 2.69 bits per heavy atom. The number of hydrazine groups is 1. The lowest BCUT2D eigenvalue weighted by atomic mass is 9.85. The van der Waals surface area contributed by atoms with E-state index in [4.69, 9.17) is 11.6 Å². The third kappa shape index (κ3) is 3.32. The van der Waals surface area contributed by atoms with E-state index >= 15 is 0 Å². The zero-order valence-corrected chi connectivity index (χ0v) is 8.42. The maximum atomic E-state index is 11.3. The minimum Gasteiger partial charge on any atom is -0.326 e. The van der Waals surface area contributed by atoms with E-state index in [2.05, 4.69) is 0 Å². The van der Waals surface area contributed by atoms with E-state index < -0.39 is 0 Å². The van der Waals surface area contributed by atoms with Crippen molar-refractivity contribution in [3.8, 4) is 0 Å². The van der Waals surface area contributed by atoms with Crippen LogP contribution in [0.1, 0.15) is 33.1 Å². The summed E-state index contributed by atoms with van der Waals surface area (Å²) < 4.78 is 0. The van der Waals surface area contributed by atoms with Gasteiger partial charge in [-0.2, -0.15) is 0 Å². The Morgan fingerprint density at radius 1 is 1.62 bits per heavy atom. The largest absolute Gasteiger partial charge is 0.326 e. The molecule has 0 aromatic heterocycles. The van der Waals surface area contributed by atoms with E-state index in [0.29, 0.717) is 18.9 Å². The van der Waals surface area contributed by atoms with Crippen LogP contribution in [-0.2, 0) is 4.79 Å². The highest BCUT2D eigenvalue weighted by molar-refractivity contribution is 5.76. The van der Waals surface area contributed by atoms with Gasteiger partial charge >= 0.3 is 0 Å². The Balaban J connectivity index is 2.42. The third-order valence-corrected chi connectivity index (χ3v) is 2.38. The minimum absolute atomic E-state index is 0.0421. The summed E-state index contributed by atoms with van der Waals surface area (Å²) in [6.45, 7) is 4.65. The van der Waals surface area contributed by atoms with Crippen LogP contribution >= 0.6 is 0 Å². The molecule has 0 aliphatic carbocycles. The van der Waals surface area contributed by atoms with Crippen molar-refractivity contribution in [2.75, 3.05) is 6.54 Å². The molecule has 1 atom stereocenters. The van der Waals surface area contributed by atoms with E-state index in [9.17, 15) is 4.79 Å². The fourth-order valence-corrected chi connectivity index (χ4v) is 1.83. The van der Waals surface area contributed by atoms with Gasteiger partial charge in [-0.05, 0) is 32.6 Å². The van der Waals surface area contributed by atoms with Crippen molar-refractivity contribution >= 4 is 5.91 Å². The van der Waals surface area contributed by atoms with Crippen LogP contribution in [0.15, 0.2) is 0 Å². The van der Waals surface area contributed by atoms with E-state index in [1.165, 1.54) is 5.01 Å². The molecular weight excluding hydrogens is 166 g/mol. The van der Waals surface area contributed by atoms with Crippen LogP contribution < -0.4 is 11.6 Å². The molecule has 0 bridgehead atoms. The monoisotopic (exact) mass is 185 g/mol. The molecule has 1 saturated heterocycles. The van der Waals surface area contributed by atoms with Gasteiger partial charge in [0, 0.05) is 18.5 Å². The normalized spacial score (nSPS) is 25.1. The molecule has 1 amide bonds. The Hall–Kier alpha value is -0.610. The zero-order valence-electron chi connectivity index (χ0n) is 8.42. The van der Waals surface area contributed by atoms with Crippen molar-refractivity contribution in [1.82, 2.24) is 5.01 Å². The number of hydrogen-bond acceptors (Lipinski definition) is 3. The van der Waals surface area contributed by atoms with Gasteiger partial charge in [0.05, 0.1) is 0 Å². The summed E-state index contributed by atoms with van der Waals surface area (Å²) in [4.78, 5) is 11.3. The first-order valence-corrected chi connectivity index (χ1v) is 4.72. The molecule has 0 spiro atoms. The Kier molecular flexibility index (Phi) is 2.93. The van der Waals surface area contributed by atoms with Gasteiger partial charge < -0.3 is 5.73 Å². The minimum atomic E-state index is -0.179. The molecule has 0 saturated carbocycles. The Labute approximate surface area is 79.2 Å². The van der Waals surface area contributed by atoms with Crippen LogP contribution in [-0.4, -0.2) is 23.0 Å². The summed E-state index contributed by atoms with van der Waals surface area (Å²) >= 11 is 0. The van der Waals surface area contributed by atoms with E-state index in [0.717, 1.165) is 12.8 Å². The average Bonchev–Trinajstić information content (AvgIpc) is 1.94. The molecule has 0 aromatic rings. The molecule has 1 aliphatic heterocycles. The predicted molar refractivity (Wildman–Crippen MR) is 51.5 cm³/mol. The van der Waals surface area contributed by atoms with Crippen LogP contribution in [0.4, 0.5) is 0 Å². The van der Waals surface area contributed by atoms with Crippen molar-refractivity contribution in [2.45, 2.75) is 38.6 Å². The first-order chi connectivity index (χ1) is 5.88. The summed E-state index contributed by atoms with van der Waals surface area (Å²) in [6, 6.07) is 0. The molecular formula is C9H19N3O. The maximum absolute atomic E-state index is 11.3. The van der Waals surface area contributed by atoms with Crippen molar-refractivity contribution in [2.24, 2.45) is 17.5 Å². The summed E-state index contributed by atoms with van der Waals surface area (Å²) in [5.74, 6) is 5.91. The fourth-order valence-electron chi connectivity index (χ4n) is 1.83. The Morgan fingerprint density at radius 2 is 2.23 bits per heavy atom. The maximum Gasteiger partial charge on any atom is 0.236 e. The molecule has 0 aromatic carbocycles. The van der Waals surface area contributed by atoms with Gasteiger partial charge in [0.15, 0.2) is 0 Å². The lowest BCUT2D eigenvalue weighted by Gasteiger charge is -2.32. The number of nitrogens with zero attached hydrogens (tertiary/aromatic N) is 1. The van der Waals surface area contributed by atoms with Crippen LogP contribution in [0.25, 0.3) is 0 Å². The molecule has 0 radical (unpaired) electrons. The second-order valence-corrected chi connectivity index (χ2v) is 4.64. The van der Waals surface area contributed by atoms with Gasteiger partial charge in [-0.1, -0.05) is 0 Å². The highest BCUT2D eigenvalue weighted by atomic mass is 16.2. The lowest BCUT2D eigenvalue weighted by Crippen LogP contribution is -2.45. The first kappa shape index (κ1) is 10.5. The summed E-state index contributed by atoms with van der Waals surface area (Å²) in [6.07, 6.45) is 2.42. The first-order valence-electron chi connectivity index (χ1n) is 4.72. The number of nitrogens with two attached hydrogens (primary N) is 2. The second kappa shape index (κ2) is 3.64. The molecule has 76 valence electrons. The standard InChI is InChI=1S/C9H19N3O/c1-9(2,10)6-7-3-4-12(11)8(13)5-7/h7H,3-6,10-11H2,1-2H3. The van der Waals surface area contributed by atoms with Gasteiger partial charge in [-0.3, -0.25) is 9.80 Å². The van der Waals surface area contributed by atoms with Crippen molar-refractivity contribution < 1.29 is 4.79 Å². The smallest absolute Gasteiger partial charge is 0.236 e. The summed E-state index contributed by atoms with van der Waals surface area (Å²) in [5.41, 5.74) is 5.71. The van der Waals surface area contributed by atoms with Crippen molar-refractivity contribution in [3.05, 3.63) is 0 Å². The topological polar surface area (TPSA) is 72.3 Å². The van der Waals surface area contributed by atoms with Gasteiger partial charge in [-0.25, -0.2) is 5.84 Å². The molecule has 1 aliphatic rings. The molecule has 1 fully saturated rings. The Bertz CT molecular complexity index is 198. The fraction of sp³-hybridized carbons (Fsp3) is 0.889. The molecule has 1 rings (SSSR count). The molecule has 1 heterocycles. The van der Waals surface area contributed by atoms with Crippen molar-refractivity contribution in [1.29, 1.82) is 0 Å². The van der Waals surface area contributed by atoms with Gasteiger partial charge in [0.2, 0.25) is 5.91 Å². The van der Waals surface area contributed by atoms with Gasteiger partial charge in [0.1, 0.15) is 0 Å². The van der Waals surface area contributed by atoms with Crippen LogP contribution in [0.2, 0.25) is 0 Å². The lowest BCUT2D eigenvalue weighted by molar-refractivity contribution is -0.135. The SMILES string of the molecule is CC(C)(N)CC1CCN(N)C(=O)C1. The van der Waals surface area contributed by atoms with Crippen LogP contribution in [0, 0.1) is 5.92 Å². The highest BCUT2D eigenvalue weighted by Gasteiger charge is 2.27. The number of amides is 1. The summed E-state index contributed by atoms with van der Waals surface area (Å²) in [5, 5.41) is 1.31. The molecule has 13 heavy (non-hydrogen) atoms. The number of carbonyl (C=O) groups is 1. The van der Waals surface area contributed by atoms with Gasteiger partial charge in [0.25, 0.3) is 0 Å². The van der Waals surface area contributed by atoms with E-state index in [-0.39, 0.29) is 11.4 Å². The molecule has 1 unspecified atom stereocenters. The average molecular weight is 185 g/mol. The van der Waals surface area contributed by atoms with Crippen LogP contribution in [0.3, 0.4) is 0 Å². The number of carbonyl (C=O) groups excluding carboxylic acids is 1. The van der Waals surface area contributed by atoms with Crippen molar-refractivity contribution in [3.63, 3.8) is 0 Å². The summed E-state index contributed by atoms with van der Waals surface area (Å²) in [7, 11) is 0. The molecule has 4 nitrogen and oxygen atoms in total. The number of rotatable bonds is 2. The van der Waals surface area contributed by atoms with E-state index in [1.807, 2.05) is 13.8 Å². The molecule has 4 heteroatoms. The number of hydrogen-bond donors (Lipinski definition) is 2. The molecule has 4 N–H and O–H groups in total. The van der Waals surface area contributed by atoms with E-state index in [1.54, 1.807) is 0 Å². The number of piperidine rings is 1. The highest BCUT2D eigenvalue weighted by Crippen LogP contribution is 2.24. The zero-order chi connectivity index (χ0) is 10.1. The second-order valence-electron chi connectivity index (χ2n) is 4.64. The van der Waals surface area contributed by atoms with Gasteiger partial charge in [-0.15, -0.1) is 0 Å². The quantitative estimate of drug-likeness (QED) is 0.477. The third-order valence-electron chi connectivity index (χ3n) is 2.38.